The Kier molecular flexibility index (Phi) is 2.73. The molecular weight excluding hydrogens is 170 g/mol. The summed E-state index contributed by atoms with van der Waals surface area (Å²) in [4.78, 5) is 7.90. The van der Waals surface area contributed by atoms with Gasteiger partial charge in [0.1, 0.15) is 5.69 Å². The molecule has 0 aliphatic rings. The zero-order chi connectivity index (χ0) is 9.84. The molecule has 0 aliphatic heterocycles. The number of aromatic nitrogens is 2. The van der Waals surface area contributed by atoms with Crippen LogP contribution in [0.15, 0.2) is 0 Å². The molecule has 0 amide bonds. The minimum Gasteiger partial charge on any atom is -0.479 e. The van der Waals surface area contributed by atoms with Gasteiger partial charge >= 0.3 is 0 Å². The molecule has 1 aromatic rings. The van der Waals surface area contributed by atoms with E-state index in [0.29, 0.717) is 17.4 Å². The van der Waals surface area contributed by atoms with E-state index in [9.17, 15) is 0 Å². The number of hydrogen-bond donors (Lipinski definition) is 3. The monoisotopic (exact) mass is 183 g/mol. The first-order valence-electron chi connectivity index (χ1n) is 3.80. The van der Waals surface area contributed by atoms with Crippen molar-refractivity contribution in [2.45, 2.75) is 0 Å². The van der Waals surface area contributed by atoms with E-state index in [0.717, 1.165) is 0 Å². The topological polar surface area (TPSA) is 85.1 Å². The van der Waals surface area contributed by atoms with Crippen LogP contribution in [0.1, 0.15) is 0 Å². The van der Waals surface area contributed by atoms with Crippen LogP contribution in [-0.4, -0.2) is 31.2 Å². The fourth-order valence-corrected chi connectivity index (χ4v) is 1.01. The largest absolute Gasteiger partial charge is 0.479 e. The van der Waals surface area contributed by atoms with Gasteiger partial charge in [-0.1, -0.05) is 0 Å². The van der Waals surface area contributed by atoms with Gasteiger partial charge in [-0.3, -0.25) is 0 Å². The molecule has 0 unspecified atom stereocenters. The molecule has 13 heavy (non-hydrogen) atoms. The molecule has 0 spiro atoms. The average molecular weight is 183 g/mol. The predicted octanol–water partition coefficient (Wildman–Crippen LogP) is 0.151. The van der Waals surface area contributed by atoms with Crippen molar-refractivity contribution in [3.05, 3.63) is 0 Å². The van der Waals surface area contributed by atoms with Gasteiger partial charge in [0.2, 0.25) is 11.8 Å². The summed E-state index contributed by atoms with van der Waals surface area (Å²) in [7, 11) is 5.04. The van der Waals surface area contributed by atoms with Crippen molar-refractivity contribution in [2.24, 2.45) is 0 Å². The minimum atomic E-state index is 0.181. The fourth-order valence-electron chi connectivity index (χ4n) is 1.01. The molecule has 0 fully saturated rings. The number of anilines is 3. The number of nitrogens with zero attached hydrogens (tertiary/aromatic N) is 2. The van der Waals surface area contributed by atoms with E-state index in [4.69, 9.17) is 10.5 Å². The fraction of sp³-hybridized carbons (Fsp3) is 0.429. The number of hydrogen-bond acceptors (Lipinski definition) is 6. The van der Waals surface area contributed by atoms with E-state index in [-0.39, 0.29) is 5.95 Å². The van der Waals surface area contributed by atoms with Crippen LogP contribution in [0.5, 0.6) is 5.88 Å². The molecule has 1 rings (SSSR count). The number of ether oxygens (including phenoxy) is 1. The van der Waals surface area contributed by atoms with Crippen molar-refractivity contribution in [3.8, 4) is 5.88 Å². The second kappa shape index (κ2) is 3.79. The van der Waals surface area contributed by atoms with Crippen LogP contribution in [0.2, 0.25) is 0 Å². The van der Waals surface area contributed by atoms with E-state index in [1.165, 1.54) is 7.11 Å². The van der Waals surface area contributed by atoms with Crippen LogP contribution in [0, 0.1) is 0 Å². The Morgan fingerprint density at radius 1 is 1.23 bits per heavy atom. The first-order chi connectivity index (χ1) is 6.22. The van der Waals surface area contributed by atoms with Gasteiger partial charge in [0, 0.05) is 14.1 Å². The Morgan fingerprint density at radius 2 is 1.92 bits per heavy atom. The Hall–Kier alpha value is -1.72. The molecule has 0 bridgehead atoms. The van der Waals surface area contributed by atoms with Gasteiger partial charge in [0.05, 0.1) is 7.11 Å². The summed E-state index contributed by atoms with van der Waals surface area (Å²) in [5.74, 6) is 1.23. The molecule has 4 N–H and O–H groups in total. The van der Waals surface area contributed by atoms with Gasteiger partial charge < -0.3 is 21.1 Å². The predicted molar refractivity (Wildman–Crippen MR) is 52.1 cm³/mol. The lowest BCUT2D eigenvalue weighted by Gasteiger charge is -2.11. The molecule has 72 valence electrons. The van der Waals surface area contributed by atoms with Crippen LogP contribution in [0.25, 0.3) is 0 Å². The van der Waals surface area contributed by atoms with Gasteiger partial charge in [0.25, 0.3) is 0 Å². The Morgan fingerprint density at radius 3 is 2.38 bits per heavy atom. The number of rotatable bonds is 3. The van der Waals surface area contributed by atoms with Crippen molar-refractivity contribution < 1.29 is 4.74 Å². The summed E-state index contributed by atoms with van der Waals surface area (Å²) < 4.78 is 5.03. The summed E-state index contributed by atoms with van der Waals surface area (Å²) in [5, 5.41) is 5.81. The van der Waals surface area contributed by atoms with Crippen LogP contribution in [0.3, 0.4) is 0 Å². The molecule has 0 atom stereocenters. The van der Waals surface area contributed by atoms with E-state index in [2.05, 4.69) is 20.6 Å². The van der Waals surface area contributed by atoms with Crippen molar-refractivity contribution in [2.75, 3.05) is 37.6 Å². The molecule has 0 saturated carbocycles. The van der Waals surface area contributed by atoms with Crippen molar-refractivity contribution >= 4 is 17.5 Å². The summed E-state index contributed by atoms with van der Waals surface area (Å²) >= 11 is 0. The summed E-state index contributed by atoms with van der Waals surface area (Å²) in [6.45, 7) is 0. The van der Waals surface area contributed by atoms with Crippen LogP contribution >= 0.6 is 0 Å². The highest BCUT2D eigenvalue weighted by atomic mass is 16.5. The highest BCUT2D eigenvalue weighted by Crippen LogP contribution is 2.28. The molecule has 1 heterocycles. The Balaban J connectivity index is 3.25. The van der Waals surface area contributed by atoms with Gasteiger partial charge in [-0.2, -0.15) is 9.97 Å². The normalized spacial score (nSPS) is 9.46. The standard InChI is InChI=1S/C7H13N5O/c1-9-4-5(10-2)11-7(8)12-6(4)13-3/h9H,1-3H3,(H3,8,10,11,12). The maximum absolute atomic E-state index is 5.46. The van der Waals surface area contributed by atoms with E-state index < -0.39 is 0 Å². The Labute approximate surface area is 76.5 Å². The second-order valence-corrected chi connectivity index (χ2v) is 2.31. The zero-order valence-electron chi connectivity index (χ0n) is 7.88. The maximum atomic E-state index is 5.46. The van der Waals surface area contributed by atoms with Gasteiger partial charge in [-0.05, 0) is 0 Å². The quantitative estimate of drug-likeness (QED) is 0.618. The van der Waals surface area contributed by atoms with Crippen molar-refractivity contribution in [1.29, 1.82) is 0 Å². The zero-order valence-corrected chi connectivity index (χ0v) is 7.88. The first kappa shape index (κ1) is 9.37. The summed E-state index contributed by atoms with van der Waals surface area (Å²) in [6, 6.07) is 0. The molecular formula is C7H13N5O. The summed E-state index contributed by atoms with van der Waals surface area (Å²) in [5.41, 5.74) is 6.16. The number of nitrogens with two attached hydrogens (primary N) is 1. The average Bonchev–Trinajstić information content (AvgIpc) is 2.16. The highest BCUT2D eigenvalue weighted by molar-refractivity contribution is 5.70. The van der Waals surface area contributed by atoms with E-state index in [1.807, 2.05) is 0 Å². The van der Waals surface area contributed by atoms with Crippen molar-refractivity contribution in [3.63, 3.8) is 0 Å². The molecule has 0 aliphatic carbocycles. The second-order valence-electron chi connectivity index (χ2n) is 2.31. The van der Waals surface area contributed by atoms with E-state index in [1.54, 1.807) is 14.1 Å². The molecule has 6 heteroatoms. The molecule has 0 saturated heterocycles. The van der Waals surface area contributed by atoms with Gasteiger partial charge in [0.15, 0.2) is 5.82 Å². The van der Waals surface area contributed by atoms with Crippen LogP contribution in [-0.2, 0) is 0 Å². The smallest absolute Gasteiger partial charge is 0.244 e. The highest BCUT2D eigenvalue weighted by Gasteiger charge is 2.10. The molecule has 1 aromatic heterocycles. The number of nitrogen functional groups attached to an aromatic ring is 1. The Bertz CT molecular complexity index is 276. The molecule has 0 radical (unpaired) electrons. The minimum absolute atomic E-state index is 0.181. The van der Waals surface area contributed by atoms with Crippen molar-refractivity contribution in [1.82, 2.24) is 9.97 Å². The number of methoxy groups -OCH3 is 1. The van der Waals surface area contributed by atoms with Crippen LogP contribution < -0.4 is 21.1 Å². The third-order valence-electron chi connectivity index (χ3n) is 1.57. The molecule has 6 nitrogen and oxygen atoms in total. The lowest BCUT2D eigenvalue weighted by Crippen LogP contribution is -2.06. The molecule has 0 aromatic carbocycles. The first-order valence-corrected chi connectivity index (χ1v) is 3.80. The van der Waals surface area contributed by atoms with E-state index >= 15 is 0 Å². The SMILES string of the molecule is CNc1nc(N)nc(OC)c1NC. The van der Waals surface area contributed by atoms with Crippen LogP contribution in [0.4, 0.5) is 17.5 Å². The third-order valence-corrected chi connectivity index (χ3v) is 1.57. The lowest BCUT2D eigenvalue weighted by molar-refractivity contribution is 0.400. The van der Waals surface area contributed by atoms with Gasteiger partial charge in [-0.25, -0.2) is 0 Å². The van der Waals surface area contributed by atoms with Gasteiger partial charge in [-0.15, -0.1) is 0 Å². The lowest BCUT2D eigenvalue weighted by atomic mass is 10.4. The third kappa shape index (κ3) is 1.71. The maximum Gasteiger partial charge on any atom is 0.244 e. The number of nitrogens with one attached hydrogen (secondary N) is 2. The summed E-state index contributed by atoms with van der Waals surface area (Å²) in [6.07, 6.45) is 0.